The van der Waals surface area contributed by atoms with Gasteiger partial charge in [-0.3, -0.25) is 14.4 Å². The van der Waals surface area contributed by atoms with E-state index in [1.165, 1.54) is 0 Å². The zero-order valence-corrected chi connectivity index (χ0v) is 22.6. The molecule has 184 valence electrons. The quantitative estimate of drug-likeness (QED) is 0.226. The number of β-lactam (4-membered cyclic amide) rings is 1. The van der Waals surface area contributed by atoms with E-state index in [1.807, 2.05) is 6.92 Å². The summed E-state index contributed by atoms with van der Waals surface area (Å²) in [5.74, 6) is 0.285. The van der Waals surface area contributed by atoms with Gasteiger partial charge in [-0.25, -0.2) is 0 Å². The highest BCUT2D eigenvalue weighted by Crippen LogP contribution is 2.39. The van der Waals surface area contributed by atoms with Crippen molar-refractivity contribution in [1.82, 2.24) is 5.32 Å². The highest BCUT2D eigenvalue weighted by Gasteiger charge is 2.48. The van der Waals surface area contributed by atoms with Crippen LogP contribution < -0.4 is 5.32 Å². The Hall–Kier alpha value is -1.21. The van der Waals surface area contributed by atoms with E-state index < -0.39 is 14.3 Å². The van der Waals surface area contributed by atoms with Crippen LogP contribution in [0.2, 0.25) is 18.1 Å². The molecule has 1 amide bonds. The molecule has 1 saturated heterocycles. The number of carbonyl (C=O) groups is 3. The van der Waals surface area contributed by atoms with Crippen molar-refractivity contribution >= 4 is 26.0 Å². The first-order valence-electron chi connectivity index (χ1n) is 12.3. The predicted molar refractivity (Wildman–Crippen MR) is 129 cm³/mol. The van der Waals surface area contributed by atoms with E-state index >= 15 is 0 Å². The van der Waals surface area contributed by atoms with Crippen LogP contribution in [-0.4, -0.2) is 44.2 Å². The summed E-state index contributed by atoms with van der Waals surface area (Å²) < 4.78 is 12.2. The van der Waals surface area contributed by atoms with E-state index in [0.29, 0.717) is 17.8 Å². The molecule has 0 aromatic heterocycles. The zero-order chi connectivity index (χ0) is 24.4. The van der Waals surface area contributed by atoms with Gasteiger partial charge in [0.2, 0.25) is 5.91 Å². The third-order valence-corrected chi connectivity index (χ3v) is 12.5. The van der Waals surface area contributed by atoms with Gasteiger partial charge < -0.3 is 14.5 Å². The van der Waals surface area contributed by atoms with E-state index in [4.69, 9.17) is 9.16 Å². The lowest BCUT2D eigenvalue weighted by Crippen LogP contribution is -2.64. The third kappa shape index (κ3) is 6.66. The van der Waals surface area contributed by atoms with Crippen molar-refractivity contribution in [2.24, 2.45) is 23.7 Å². The SMILES string of the molecule is CC(C)[C@@H]1CC[C@@H](C)C[C@H]1OC(=O)CC(=O)CC1NC(=O)[C@@H]1[C@@H](C)O[Si](C)(C)C(C)(C)C. The van der Waals surface area contributed by atoms with Crippen molar-refractivity contribution in [3.05, 3.63) is 0 Å². The lowest BCUT2D eigenvalue weighted by molar-refractivity contribution is -0.157. The van der Waals surface area contributed by atoms with Gasteiger partial charge in [0.1, 0.15) is 18.3 Å². The van der Waals surface area contributed by atoms with Gasteiger partial charge >= 0.3 is 5.97 Å². The minimum absolute atomic E-state index is 0.0427. The second-order valence-electron chi connectivity index (χ2n) is 12.0. The Morgan fingerprint density at radius 2 is 1.78 bits per heavy atom. The highest BCUT2D eigenvalue weighted by molar-refractivity contribution is 6.74. The maximum Gasteiger partial charge on any atom is 0.313 e. The van der Waals surface area contributed by atoms with Gasteiger partial charge in [-0.2, -0.15) is 0 Å². The number of esters is 1. The number of nitrogens with one attached hydrogen (secondary N) is 1. The van der Waals surface area contributed by atoms with Crippen LogP contribution in [0.25, 0.3) is 0 Å². The molecule has 1 aliphatic carbocycles. The van der Waals surface area contributed by atoms with Gasteiger partial charge in [-0.05, 0) is 55.7 Å². The monoisotopic (exact) mass is 467 g/mol. The van der Waals surface area contributed by atoms with Crippen LogP contribution in [0.1, 0.15) is 80.6 Å². The van der Waals surface area contributed by atoms with E-state index in [2.05, 4.69) is 60.0 Å². The molecular weight excluding hydrogens is 422 g/mol. The fourth-order valence-electron chi connectivity index (χ4n) is 4.83. The Kier molecular flexibility index (Phi) is 8.76. The molecule has 1 N–H and O–H groups in total. The number of hydrogen-bond donors (Lipinski definition) is 1. The average molecular weight is 468 g/mol. The second kappa shape index (κ2) is 10.4. The summed E-state index contributed by atoms with van der Waals surface area (Å²) in [6, 6.07) is -0.277. The Morgan fingerprint density at radius 1 is 1.16 bits per heavy atom. The van der Waals surface area contributed by atoms with Gasteiger partial charge in [0, 0.05) is 12.5 Å². The van der Waals surface area contributed by atoms with E-state index in [0.717, 1.165) is 19.3 Å². The molecule has 1 heterocycles. The lowest BCUT2D eigenvalue weighted by Gasteiger charge is -2.45. The minimum atomic E-state index is -2.02. The Bertz CT molecular complexity index is 699. The maximum absolute atomic E-state index is 12.6. The van der Waals surface area contributed by atoms with Crippen LogP contribution >= 0.6 is 0 Å². The van der Waals surface area contributed by atoms with Crippen molar-refractivity contribution in [1.29, 1.82) is 0 Å². The number of ketones is 1. The Morgan fingerprint density at radius 3 is 2.31 bits per heavy atom. The van der Waals surface area contributed by atoms with Crippen LogP contribution in [0.15, 0.2) is 0 Å². The van der Waals surface area contributed by atoms with Crippen LogP contribution in [0.4, 0.5) is 0 Å². The van der Waals surface area contributed by atoms with Gasteiger partial charge in [0.05, 0.1) is 12.0 Å². The summed E-state index contributed by atoms with van der Waals surface area (Å²) in [6.07, 6.45) is 2.64. The summed E-state index contributed by atoms with van der Waals surface area (Å²) >= 11 is 0. The standard InChI is InChI=1S/C25H45NO5Si/c1-15(2)19-11-10-16(3)12-21(19)30-22(28)14-18(27)13-20-23(24(29)26-20)17(4)31-32(8,9)25(5,6)7/h15-17,19-21,23H,10-14H2,1-9H3,(H,26,29)/t16-,17-,19+,20?,21-,23-/m1/s1. The van der Waals surface area contributed by atoms with Crippen molar-refractivity contribution in [2.45, 2.75) is 117 Å². The van der Waals surface area contributed by atoms with Crippen LogP contribution in [0.5, 0.6) is 0 Å². The molecule has 2 fully saturated rings. The number of hydrogen-bond acceptors (Lipinski definition) is 5. The van der Waals surface area contributed by atoms with Crippen LogP contribution in [-0.2, 0) is 23.5 Å². The molecule has 0 radical (unpaired) electrons. The van der Waals surface area contributed by atoms with Gasteiger partial charge in [0.25, 0.3) is 0 Å². The number of Topliss-reactive ketones (excluding diaryl/α,β-unsaturated/α-hetero) is 1. The van der Waals surface area contributed by atoms with Crippen molar-refractivity contribution in [3.63, 3.8) is 0 Å². The lowest BCUT2D eigenvalue weighted by atomic mass is 9.75. The normalized spacial score (nSPS) is 29.8. The number of ether oxygens (including phenoxy) is 1. The van der Waals surface area contributed by atoms with Crippen molar-refractivity contribution in [2.75, 3.05) is 0 Å². The fraction of sp³-hybridized carbons (Fsp3) is 0.880. The molecule has 0 aromatic carbocycles. The molecule has 6 nitrogen and oxygen atoms in total. The first-order chi connectivity index (χ1) is 14.6. The third-order valence-electron chi connectivity index (χ3n) is 7.89. The van der Waals surface area contributed by atoms with E-state index in [1.54, 1.807) is 0 Å². The van der Waals surface area contributed by atoms with E-state index in [-0.39, 0.29) is 53.7 Å². The summed E-state index contributed by atoms with van der Waals surface area (Å²) in [5, 5.41) is 2.88. The maximum atomic E-state index is 12.6. The summed E-state index contributed by atoms with van der Waals surface area (Å²) in [5.41, 5.74) is 0. The average Bonchev–Trinajstić information content (AvgIpc) is 2.58. The molecule has 1 saturated carbocycles. The summed E-state index contributed by atoms with van der Waals surface area (Å²) in [7, 11) is -2.02. The number of amides is 1. The minimum Gasteiger partial charge on any atom is -0.462 e. The van der Waals surface area contributed by atoms with Gasteiger partial charge in [-0.1, -0.05) is 48.0 Å². The largest absolute Gasteiger partial charge is 0.462 e. The first kappa shape index (κ1) is 27.0. The molecule has 7 heteroatoms. The second-order valence-corrected chi connectivity index (χ2v) is 16.8. The summed E-state index contributed by atoms with van der Waals surface area (Å²) in [6.45, 7) is 19.3. The van der Waals surface area contributed by atoms with Crippen LogP contribution in [0.3, 0.4) is 0 Å². The van der Waals surface area contributed by atoms with Gasteiger partial charge in [-0.15, -0.1) is 0 Å². The molecule has 0 aromatic rings. The van der Waals surface area contributed by atoms with Crippen LogP contribution in [0, 0.1) is 23.7 Å². The molecule has 2 aliphatic rings. The first-order valence-corrected chi connectivity index (χ1v) is 15.2. The molecule has 6 atom stereocenters. The van der Waals surface area contributed by atoms with Gasteiger partial charge in [0.15, 0.2) is 8.32 Å². The Balaban J connectivity index is 1.89. The highest BCUT2D eigenvalue weighted by atomic mass is 28.4. The van der Waals surface area contributed by atoms with Crippen molar-refractivity contribution < 1.29 is 23.5 Å². The van der Waals surface area contributed by atoms with E-state index in [9.17, 15) is 14.4 Å². The van der Waals surface area contributed by atoms with Crippen molar-refractivity contribution in [3.8, 4) is 0 Å². The number of rotatable bonds is 9. The smallest absolute Gasteiger partial charge is 0.313 e. The molecule has 0 bridgehead atoms. The molecule has 0 spiro atoms. The molecule has 2 rings (SSSR count). The number of carbonyl (C=O) groups excluding carboxylic acids is 3. The fourth-order valence-corrected chi connectivity index (χ4v) is 6.26. The Labute approximate surface area is 195 Å². The molecular formula is C25H45NO5Si. The molecule has 1 aliphatic heterocycles. The topological polar surface area (TPSA) is 81.7 Å². The molecule has 32 heavy (non-hydrogen) atoms. The predicted octanol–water partition coefficient (Wildman–Crippen LogP) is 4.86. The zero-order valence-electron chi connectivity index (χ0n) is 21.6. The molecule has 1 unspecified atom stereocenters. The summed E-state index contributed by atoms with van der Waals surface area (Å²) in [4.78, 5) is 37.4.